The quantitative estimate of drug-likeness (QED) is 0.486. The van der Waals surface area contributed by atoms with Gasteiger partial charge in [0, 0.05) is 56.8 Å². The number of hydrogen-bond donors (Lipinski definition) is 0. The van der Waals surface area contributed by atoms with Gasteiger partial charge in [0.25, 0.3) is 5.56 Å². The SMILES string of the molecule is O=C(CCc1ccc2ccccc2c1)N1CCN(Cc2cc(=O)n3ccsc3n2)CC1. The molecule has 3 heterocycles. The minimum atomic E-state index is -0.0382. The molecule has 1 aliphatic rings. The Morgan fingerprint density at radius 2 is 1.81 bits per heavy atom. The zero-order chi connectivity index (χ0) is 21.2. The lowest BCUT2D eigenvalue weighted by atomic mass is 10.0. The van der Waals surface area contributed by atoms with Gasteiger partial charge in [-0.05, 0) is 22.8 Å². The molecule has 2 aromatic carbocycles. The van der Waals surface area contributed by atoms with Gasteiger partial charge in [-0.15, -0.1) is 11.3 Å². The lowest BCUT2D eigenvalue weighted by Crippen LogP contribution is -2.48. The number of aromatic nitrogens is 2. The van der Waals surface area contributed by atoms with E-state index in [2.05, 4.69) is 40.2 Å². The number of piperazine rings is 1. The van der Waals surface area contributed by atoms with E-state index >= 15 is 0 Å². The Morgan fingerprint density at radius 1 is 1.00 bits per heavy atom. The van der Waals surface area contributed by atoms with Crippen molar-refractivity contribution in [1.82, 2.24) is 19.2 Å². The minimum Gasteiger partial charge on any atom is -0.340 e. The van der Waals surface area contributed by atoms with Crippen LogP contribution in [0.2, 0.25) is 0 Å². The van der Waals surface area contributed by atoms with Gasteiger partial charge in [-0.3, -0.25) is 18.9 Å². The number of carbonyl (C=O) groups excluding carboxylic acids is 1. The molecule has 5 rings (SSSR count). The number of aryl methyl sites for hydroxylation is 1. The van der Waals surface area contributed by atoms with E-state index in [1.54, 1.807) is 16.7 Å². The summed E-state index contributed by atoms with van der Waals surface area (Å²) >= 11 is 1.47. The van der Waals surface area contributed by atoms with Crippen LogP contribution in [-0.2, 0) is 17.8 Å². The van der Waals surface area contributed by atoms with Gasteiger partial charge < -0.3 is 4.90 Å². The van der Waals surface area contributed by atoms with Gasteiger partial charge in [-0.25, -0.2) is 4.98 Å². The van der Waals surface area contributed by atoms with Crippen molar-refractivity contribution in [1.29, 1.82) is 0 Å². The van der Waals surface area contributed by atoms with Crippen LogP contribution in [0.5, 0.6) is 0 Å². The van der Waals surface area contributed by atoms with E-state index in [4.69, 9.17) is 0 Å². The fourth-order valence-corrected chi connectivity index (χ4v) is 4.90. The van der Waals surface area contributed by atoms with Crippen LogP contribution in [0, 0.1) is 0 Å². The average Bonchev–Trinajstić information content (AvgIpc) is 3.27. The smallest absolute Gasteiger partial charge is 0.258 e. The number of thiazole rings is 1. The summed E-state index contributed by atoms with van der Waals surface area (Å²) in [7, 11) is 0. The summed E-state index contributed by atoms with van der Waals surface area (Å²) < 4.78 is 1.57. The molecule has 0 spiro atoms. The molecule has 0 N–H and O–H groups in total. The Bertz CT molecular complexity index is 1290. The molecule has 0 radical (unpaired) electrons. The summed E-state index contributed by atoms with van der Waals surface area (Å²) in [5.74, 6) is 0.212. The third-order valence-electron chi connectivity index (χ3n) is 5.91. The minimum absolute atomic E-state index is 0.0382. The molecular formula is C24H24N4O2S. The summed E-state index contributed by atoms with van der Waals surface area (Å²) in [5.41, 5.74) is 1.96. The van der Waals surface area contributed by atoms with Crippen molar-refractivity contribution in [3.05, 3.63) is 81.7 Å². The highest BCUT2D eigenvalue weighted by molar-refractivity contribution is 7.15. The molecule has 0 bridgehead atoms. The highest BCUT2D eigenvalue weighted by atomic mass is 32.1. The molecule has 1 amide bonds. The molecular weight excluding hydrogens is 408 g/mol. The fraction of sp³-hybridized carbons (Fsp3) is 0.292. The largest absolute Gasteiger partial charge is 0.340 e. The van der Waals surface area contributed by atoms with Crippen LogP contribution in [0.15, 0.2) is 64.9 Å². The monoisotopic (exact) mass is 432 g/mol. The molecule has 0 atom stereocenters. The van der Waals surface area contributed by atoms with Gasteiger partial charge >= 0.3 is 0 Å². The fourth-order valence-electron chi connectivity index (χ4n) is 4.16. The molecule has 0 saturated carbocycles. The van der Waals surface area contributed by atoms with E-state index in [9.17, 15) is 9.59 Å². The number of rotatable bonds is 5. The first kappa shape index (κ1) is 19.9. The Kier molecular flexibility index (Phi) is 5.53. The maximum absolute atomic E-state index is 12.7. The highest BCUT2D eigenvalue weighted by Gasteiger charge is 2.21. The first-order chi connectivity index (χ1) is 15.2. The van der Waals surface area contributed by atoms with Crippen LogP contribution in [0.4, 0.5) is 0 Å². The van der Waals surface area contributed by atoms with Crippen molar-refractivity contribution in [2.75, 3.05) is 26.2 Å². The molecule has 158 valence electrons. The number of carbonyl (C=O) groups is 1. The van der Waals surface area contributed by atoms with Gasteiger partial charge in [0.1, 0.15) is 0 Å². The van der Waals surface area contributed by atoms with Gasteiger partial charge in [0.2, 0.25) is 5.91 Å². The summed E-state index contributed by atoms with van der Waals surface area (Å²) in [5, 5.41) is 4.31. The molecule has 0 aliphatic carbocycles. The second kappa shape index (κ2) is 8.61. The molecule has 7 heteroatoms. The number of amides is 1. The molecule has 1 fully saturated rings. The average molecular weight is 433 g/mol. The Hall–Kier alpha value is -3.03. The van der Waals surface area contributed by atoms with E-state index < -0.39 is 0 Å². The lowest BCUT2D eigenvalue weighted by molar-refractivity contribution is -0.133. The topological polar surface area (TPSA) is 57.9 Å². The first-order valence-corrected chi connectivity index (χ1v) is 11.5. The Labute approximate surface area is 184 Å². The van der Waals surface area contributed by atoms with Crippen molar-refractivity contribution in [3.63, 3.8) is 0 Å². The zero-order valence-electron chi connectivity index (χ0n) is 17.2. The third kappa shape index (κ3) is 4.38. The molecule has 6 nitrogen and oxygen atoms in total. The predicted molar refractivity (Wildman–Crippen MR) is 123 cm³/mol. The van der Waals surface area contributed by atoms with Crippen LogP contribution < -0.4 is 5.56 Å². The third-order valence-corrected chi connectivity index (χ3v) is 6.66. The number of hydrogen-bond acceptors (Lipinski definition) is 5. The second-order valence-corrected chi connectivity index (χ2v) is 8.85. The van der Waals surface area contributed by atoms with Crippen molar-refractivity contribution in [3.8, 4) is 0 Å². The number of benzene rings is 2. The van der Waals surface area contributed by atoms with Crippen molar-refractivity contribution in [2.45, 2.75) is 19.4 Å². The van der Waals surface area contributed by atoms with Crippen molar-refractivity contribution < 1.29 is 4.79 Å². The van der Waals surface area contributed by atoms with Crippen LogP contribution >= 0.6 is 11.3 Å². The van der Waals surface area contributed by atoms with Crippen LogP contribution in [0.1, 0.15) is 17.7 Å². The van der Waals surface area contributed by atoms with E-state index in [1.165, 1.54) is 27.7 Å². The van der Waals surface area contributed by atoms with Crippen LogP contribution in [0.25, 0.3) is 15.7 Å². The zero-order valence-corrected chi connectivity index (χ0v) is 18.1. The van der Waals surface area contributed by atoms with E-state index in [0.29, 0.717) is 13.0 Å². The summed E-state index contributed by atoms with van der Waals surface area (Å²) in [4.78, 5) is 34.4. The predicted octanol–water partition coefficient (Wildman–Crippen LogP) is 3.19. The number of fused-ring (bicyclic) bond motifs is 2. The summed E-state index contributed by atoms with van der Waals surface area (Å²) in [6.45, 7) is 3.68. The molecule has 4 aromatic rings. The molecule has 2 aromatic heterocycles. The Morgan fingerprint density at radius 3 is 2.65 bits per heavy atom. The van der Waals surface area contributed by atoms with Gasteiger partial charge in [-0.1, -0.05) is 42.5 Å². The molecule has 1 aliphatic heterocycles. The second-order valence-electron chi connectivity index (χ2n) is 7.98. The van der Waals surface area contributed by atoms with Crippen LogP contribution in [-0.4, -0.2) is 51.3 Å². The number of nitrogens with zero attached hydrogens (tertiary/aromatic N) is 4. The lowest BCUT2D eigenvalue weighted by Gasteiger charge is -2.34. The highest BCUT2D eigenvalue weighted by Crippen LogP contribution is 2.17. The Balaban J connectivity index is 1.14. The van der Waals surface area contributed by atoms with Crippen LogP contribution in [0.3, 0.4) is 0 Å². The van der Waals surface area contributed by atoms with E-state index in [0.717, 1.165) is 43.3 Å². The van der Waals surface area contributed by atoms with E-state index in [1.807, 2.05) is 22.4 Å². The maximum atomic E-state index is 12.7. The summed E-state index contributed by atoms with van der Waals surface area (Å²) in [6, 6.07) is 16.3. The summed E-state index contributed by atoms with van der Waals surface area (Å²) in [6.07, 6.45) is 3.05. The molecule has 0 unspecified atom stereocenters. The van der Waals surface area contributed by atoms with Gasteiger partial charge in [0.05, 0.1) is 5.69 Å². The van der Waals surface area contributed by atoms with Crippen molar-refractivity contribution >= 4 is 33.0 Å². The maximum Gasteiger partial charge on any atom is 0.258 e. The molecule has 31 heavy (non-hydrogen) atoms. The molecule has 1 saturated heterocycles. The van der Waals surface area contributed by atoms with Crippen molar-refractivity contribution in [2.24, 2.45) is 0 Å². The normalized spacial score (nSPS) is 15.0. The standard InChI is InChI=1S/C24H24N4O2S/c29-22(8-6-18-5-7-19-3-1-2-4-20(19)15-18)27-11-9-26(10-12-27)17-21-16-23(30)28-13-14-31-24(28)25-21/h1-5,7,13-16H,6,8-12,17H2. The van der Waals surface area contributed by atoms with Gasteiger partial charge in [0.15, 0.2) is 4.96 Å². The van der Waals surface area contributed by atoms with Gasteiger partial charge in [-0.2, -0.15) is 0 Å². The first-order valence-electron chi connectivity index (χ1n) is 10.6. The van der Waals surface area contributed by atoms with E-state index in [-0.39, 0.29) is 11.5 Å².